The minimum absolute atomic E-state index is 0.127. The Balaban J connectivity index is 1.86. The molecule has 0 saturated carbocycles. The summed E-state index contributed by atoms with van der Waals surface area (Å²) in [5.74, 6) is -0.582. The molecule has 29 heavy (non-hydrogen) atoms. The molecule has 1 aliphatic rings. The highest BCUT2D eigenvalue weighted by molar-refractivity contribution is 6.06. The molecule has 0 radical (unpaired) electrons. The summed E-state index contributed by atoms with van der Waals surface area (Å²) in [6.07, 6.45) is 0.128. The Morgan fingerprint density at radius 1 is 1.24 bits per heavy atom. The number of carbonyl (C=O) groups is 2. The van der Waals surface area contributed by atoms with Crippen molar-refractivity contribution < 1.29 is 19.2 Å². The van der Waals surface area contributed by atoms with E-state index in [1.54, 1.807) is 12.1 Å². The zero-order valence-electron chi connectivity index (χ0n) is 16.5. The predicted octanol–water partition coefficient (Wildman–Crippen LogP) is 3.55. The van der Waals surface area contributed by atoms with Crippen molar-refractivity contribution in [2.45, 2.75) is 33.3 Å². The summed E-state index contributed by atoms with van der Waals surface area (Å²) in [6.45, 7) is 5.45. The Labute approximate surface area is 168 Å². The van der Waals surface area contributed by atoms with Gasteiger partial charge >= 0.3 is 0 Å². The van der Waals surface area contributed by atoms with Gasteiger partial charge in [0.1, 0.15) is 12.3 Å². The first kappa shape index (κ1) is 20.3. The number of benzene rings is 2. The quantitative estimate of drug-likeness (QED) is 0.593. The van der Waals surface area contributed by atoms with E-state index in [4.69, 9.17) is 4.74 Å². The molecule has 1 N–H and O–H groups in total. The van der Waals surface area contributed by atoms with Gasteiger partial charge in [-0.1, -0.05) is 32.9 Å². The maximum absolute atomic E-state index is 12.9. The van der Waals surface area contributed by atoms with Gasteiger partial charge in [0, 0.05) is 17.8 Å². The maximum Gasteiger partial charge on any atom is 0.271 e. The molecule has 0 bridgehead atoms. The molecule has 2 aromatic rings. The standard InChI is InChI=1S/C21H23N3O5/c1-4-14-5-7-15(8-6-14)22-19(25)12-23-17-11-16(24(27)28)9-10-18(17)29-20(13(2)3)21(23)26/h5-11,13,20H,4,12H2,1-3H3,(H,22,25). The SMILES string of the molecule is CCc1ccc(NC(=O)CN2C(=O)C(C(C)C)Oc3ccc([N+](=O)[O-])cc32)cc1. The number of hydrogen-bond acceptors (Lipinski definition) is 5. The number of ether oxygens (including phenoxy) is 1. The van der Waals surface area contributed by atoms with Crippen LogP contribution in [0.5, 0.6) is 5.75 Å². The van der Waals surface area contributed by atoms with Crippen molar-refractivity contribution in [1.29, 1.82) is 0 Å². The highest BCUT2D eigenvalue weighted by atomic mass is 16.6. The number of hydrogen-bond donors (Lipinski definition) is 1. The van der Waals surface area contributed by atoms with Gasteiger partial charge in [-0.25, -0.2) is 0 Å². The van der Waals surface area contributed by atoms with Crippen LogP contribution in [-0.2, 0) is 16.0 Å². The second-order valence-electron chi connectivity index (χ2n) is 7.21. The molecule has 0 spiro atoms. The Bertz CT molecular complexity index is 940. The topological polar surface area (TPSA) is 102 Å². The molecule has 0 saturated heterocycles. The molecular formula is C21H23N3O5. The first-order chi connectivity index (χ1) is 13.8. The Hall–Kier alpha value is -3.42. The predicted molar refractivity (Wildman–Crippen MR) is 109 cm³/mol. The summed E-state index contributed by atoms with van der Waals surface area (Å²) in [4.78, 5) is 37.4. The summed E-state index contributed by atoms with van der Waals surface area (Å²) >= 11 is 0. The number of nitrogens with one attached hydrogen (secondary N) is 1. The van der Waals surface area contributed by atoms with Crippen molar-refractivity contribution in [3.05, 3.63) is 58.1 Å². The highest BCUT2D eigenvalue weighted by Gasteiger charge is 2.38. The van der Waals surface area contributed by atoms with Gasteiger partial charge in [-0.05, 0) is 36.1 Å². The van der Waals surface area contributed by atoms with E-state index in [0.29, 0.717) is 11.4 Å². The second kappa shape index (κ2) is 8.30. The zero-order chi connectivity index (χ0) is 21.1. The van der Waals surface area contributed by atoms with E-state index >= 15 is 0 Å². The van der Waals surface area contributed by atoms with Gasteiger partial charge in [-0.15, -0.1) is 0 Å². The molecule has 0 fully saturated rings. The molecule has 8 heteroatoms. The molecular weight excluding hydrogens is 374 g/mol. The minimum Gasteiger partial charge on any atom is -0.478 e. The van der Waals surface area contributed by atoms with Crippen molar-refractivity contribution in [3.8, 4) is 5.75 Å². The second-order valence-corrected chi connectivity index (χ2v) is 7.21. The average Bonchev–Trinajstić information content (AvgIpc) is 2.69. The summed E-state index contributed by atoms with van der Waals surface area (Å²) < 4.78 is 5.75. The van der Waals surface area contributed by atoms with Crippen molar-refractivity contribution in [2.75, 3.05) is 16.8 Å². The van der Waals surface area contributed by atoms with E-state index in [2.05, 4.69) is 5.32 Å². The molecule has 2 aromatic carbocycles. The van der Waals surface area contributed by atoms with Crippen LogP contribution in [-0.4, -0.2) is 29.4 Å². The summed E-state index contributed by atoms with van der Waals surface area (Å²) in [6, 6.07) is 11.5. The lowest BCUT2D eigenvalue weighted by molar-refractivity contribution is -0.384. The van der Waals surface area contributed by atoms with Gasteiger partial charge < -0.3 is 10.1 Å². The van der Waals surface area contributed by atoms with Crippen LogP contribution in [0.25, 0.3) is 0 Å². The van der Waals surface area contributed by atoms with Crippen LogP contribution in [0.1, 0.15) is 26.3 Å². The molecule has 1 unspecified atom stereocenters. The lowest BCUT2D eigenvalue weighted by Crippen LogP contribution is -2.50. The number of aryl methyl sites for hydroxylation is 1. The fraction of sp³-hybridized carbons (Fsp3) is 0.333. The number of non-ortho nitro benzene ring substituents is 1. The minimum atomic E-state index is -0.763. The molecule has 0 aliphatic carbocycles. The molecule has 0 aromatic heterocycles. The normalized spacial score (nSPS) is 15.7. The Kier molecular flexibility index (Phi) is 5.81. The van der Waals surface area contributed by atoms with E-state index in [-0.39, 0.29) is 23.8 Å². The number of rotatable bonds is 6. The third-order valence-corrected chi connectivity index (χ3v) is 4.76. The van der Waals surface area contributed by atoms with Crippen LogP contribution in [0.15, 0.2) is 42.5 Å². The average molecular weight is 397 g/mol. The Morgan fingerprint density at radius 3 is 2.52 bits per heavy atom. The molecule has 3 rings (SSSR count). The van der Waals surface area contributed by atoms with Crippen LogP contribution in [0, 0.1) is 16.0 Å². The number of anilines is 2. The van der Waals surface area contributed by atoms with Gasteiger partial charge in [-0.3, -0.25) is 24.6 Å². The number of nitro groups is 1. The molecule has 2 amide bonds. The van der Waals surface area contributed by atoms with Crippen LogP contribution in [0.4, 0.5) is 17.1 Å². The van der Waals surface area contributed by atoms with Crippen molar-refractivity contribution in [3.63, 3.8) is 0 Å². The van der Waals surface area contributed by atoms with Crippen LogP contribution < -0.4 is 15.0 Å². The monoisotopic (exact) mass is 397 g/mol. The van der Waals surface area contributed by atoms with Crippen molar-refractivity contribution in [2.24, 2.45) is 5.92 Å². The van der Waals surface area contributed by atoms with E-state index in [1.165, 1.54) is 23.1 Å². The van der Waals surface area contributed by atoms with E-state index in [0.717, 1.165) is 12.0 Å². The number of fused-ring (bicyclic) bond motifs is 1. The fourth-order valence-corrected chi connectivity index (χ4v) is 3.14. The van der Waals surface area contributed by atoms with Crippen molar-refractivity contribution in [1.82, 2.24) is 0 Å². The zero-order valence-corrected chi connectivity index (χ0v) is 16.5. The number of nitro benzene ring substituents is 1. The summed E-state index contributed by atoms with van der Waals surface area (Å²) in [7, 11) is 0. The third kappa shape index (κ3) is 4.37. The van der Waals surface area contributed by atoms with Crippen molar-refractivity contribution >= 4 is 28.9 Å². The molecule has 8 nitrogen and oxygen atoms in total. The maximum atomic E-state index is 12.9. The van der Waals surface area contributed by atoms with Gasteiger partial charge in [0.05, 0.1) is 10.6 Å². The van der Waals surface area contributed by atoms with Gasteiger partial charge in [-0.2, -0.15) is 0 Å². The first-order valence-electron chi connectivity index (χ1n) is 9.45. The molecule has 1 atom stereocenters. The lowest BCUT2D eigenvalue weighted by atomic mass is 10.0. The molecule has 1 aliphatic heterocycles. The summed E-state index contributed by atoms with van der Waals surface area (Å²) in [5.41, 5.74) is 1.81. The molecule has 152 valence electrons. The van der Waals surface area contributed by atoms with Gasteiger partial charge in [0.2, 0.25) is 5.91 Å². The van der Waals surface area contributed by atoms with Crippen LogP contribution >= 0.6 is 0 Å². The van der Waals surface area contributed by atoms with E-state index < -0.39 is 22.8 Å². The van der Waals surface area contributed by atoms with Crippen LogP contribution in [0.3, 0.4) is 0 Å². The fourth-order valence-electron chi connectivity index (χ4n) is 3.14. The molecule has 1 heterocycles. The highest BCUT2D eigenvalue weighted by Crippen LogP contribution is 2.38. The van der Waals surface area contributed by atoms with E-state index in [9.17, 15) is 19.7 Å². The largest absolute Gasteiger partial charge is 0.478 e. The number of carbonyl (C=O) groups excluding carboxylic acids is 2. The third-order valence-electron chi connectivity index (χ3n) is 4.76. The lowest BCUT2D eigenvalue weighted by Gasteiger charge is -2.35. The van der Waals surface area contributed by atoms with Crippen LogP contribution in [0.2, 0.25) is 0 Å². The summed E-state index contributed by atoms with van der Waals surface area (Å²) in [5, 5.41) is 13.9. The van der Waals surface area contributed by atoms with Gasteiger partial charge in [0.15, 0.2) is 6.10 Å². The first-order valence-corrected chi connectivity index (χ1v) is 9.45. The van der Waals surface area contributed by atoms with Gasteiger partial charge in [0.25, 0.3) is 11.6 Å². The number of nitrogens with zero attached hydrogens (tertiary/aromatic N) is 2. The van der Waals surface area contributed by atoms with E-state index in [1.807, 2.05) is 32.9 Å². The number of amides is 2. The smallest absolute Gasteiger partial charge is 0.271 e. The Morgan fingerprint density at radius 2 is 1.93 bits per heavy atom.